The highest BCUT2D eigenvalue weighted by atomic mass is 32.2. The standard InChI is InChI=1S/C9H12F3N3O3S/c1-5-3-14-7(15-4-5)8(16,9(10,11)12)6(2)19(13,17)18/h3-4,6,16H,1-2H3,(H2,13,17,18)/t6-,8-/m0/s1. The molecule has 0 unspecified atom stereocenters. The predicted molar refractivity (Wildman–Crippen MR) is 59.3 cm³/mol. The molecule has 0 bridgehead atoms. The molecule has 0 radical (unpaired) electrons. The summed E-state index contributed by atoms with van der Waals surface area (Å²) >= 11 is 0. The number of hydrogen-bond donors (Lipinski definition) is 2. The molecule has 0 saturated heterocycles. The molecule has 0 fully saturated rings. The number of nitrogens with zero attached hydrogens (tertiary/aromatic N) is 2. The molecular weight excluding hydrogens is 287 g/mol. The minimum Gasteiger partial charge on any atom is -0.373 e. The van der Waals surface area contributed by atoms with Crippen molar-refractivity contribution in [3.8, 4) is 0 Å². The van der Waals surface area contributed by atoms with Crippen molar-refractivity contribution in [2.45, 2.75) is 30.9 Å². The average molecular weight is 299 g/mol. The second kappa shape index (κ2) is 4.69. The lowest BCUT2D eigenvalue weighted by Gasteiger charge is -2.32. The molecule has 0 aliphatic carbocycles. The molecule has 2 atom stereocenters. The van der Waals surface area contributed by atoms with Crippen molar-refractivity contribution in [1.82, 2.24) is 9.97 Å². The van der Waals surface area contributed by atoms with Gasteiger partial charge in [0, 0.05) is 12.4 Å². The van der Waals surface area contributed by atoms with Crippen LogP contribution in [0.5, 0.6) is 0 Å². The van der Waals surface area contributed by atoms with Crippen LogP contribution in [0, 0.1) is 6.92 Å². The van der Waals surface area contributed by atoms with Crippen molar-refractivity contribution in [3.63, 3.8) is 0 Å². The fourth-order valence-electron chi connectivity index (χ4n) is 1.37. The summed E-state index contributed by atoms with van der Waals surface area (Å²) in [7, 11) is -4.65. The summed E-state index contributed by atoms with van der Waals surface area (Å²) in [5.74, 6) is -1.06. The lowest BCUT2D eigenvalue weighted by molar-refractivity contribution is -0.268. The third kappa shape index (κ3) is 2.85. The topological polar surface area (TPSA) is 106 Å². The summed E-state index contributed by atoms with van der Waals surface area (Å²) in [5.41, 5.74) is -3.31. The second-order valence-electron chi connectivity index (χ2n) is 4.08. The van der Waals surface area contributed by atoms with E-state index < -0.39 is 32.9 Å². The summed E-state index contributed by atoms with van der Waals surface area (Å²) in [6.45, 7) is 2.17. The Morgan fingerprint density at radius 3 is 2.05 bits per heavy atom. The van der Waals surface area contributed by atoms with E-state index in [9.17, 15) is 26.7 Å². The van der Waals surface area contributed by atoms with Crippen molar-refractivity contribution in [3.05, 3.63) is 23.8 Å². The number of rotatable bonds is 3. The largest absolute Gasteiger partial charge is 0.425 e. The number of aliphatic hydroxyl groups is 1. The third-order valence-corrected chi connectivity index (χ3v) is 3.96. The highest BCUT2D eigenvalue weighted by Gasteiger charge is 2.63. The average Bonchev–Trinajstić information content (AvgIpc) is 2.25. The maximum atomic E-state index is 13.0. The van der Waals surface area contributed by atoms with Gasteiger partial charge < -0.3 is 5.11 Å². The number of sulfonamides is 1. The van der Waals surface area contributed by atoms with Crippen LogP contribution >= 0.6 is 0 Å². The normalized spacial score (nSPS) is 17.8. The van der Waals surface area contributed by atoms with E-state index in [0.717, 1.165) is 12.4 Å². The number of alkyl halides is 3. The first-order chi connectivity index (χ1) is 8.40. The Hall–Kier alpha value is -1.26. The number of nitrogens with two attached hydrogens (primary N) is 1. The molecule has 0 saturated carbocycles. The Morgan fingerprint density at radius 2 is 1.74 bits per heavy atom. The molecule has 10 heteroatoms. The fourth-order valence-corrected chi connectivity index (χ4v) is 2.08. The van der Waals surface area contributed by atoms with Crippen molar-refractivity contribution in [2.75, 3.05) is 0 Å². The van der Waals surface area contributed by atoms with Crippen LogP contribution in [0.2, 0.25) is 0 Å². The Morgan fingerprint density at radius 1 is 1.32 bits per heavy atom. The summed E-state index contributed by atoms with van der Waals surface area (Å²) in [4.78, 5) is 6.70. The van der Waals surface area contributed by atoms with E-state index in [2.05, 4.69) is 15.1 Å². The molecule has 1 aromatic rings. The monoisotopic (exact) mass is 299 g/mol. The smallest absolute Gasteiger partial charge is 0.373 e. The summed E-state index contributed by atoms with van der Waals surface area (Å²) < 4.78 is 61.3. The number of hydrogen-bond acceptors (Lipinski definition) is 5. The van der Waals surface area contributed by atoms with Crippen molar-refractivity contribution < 1.29 is 26.7 Å². The van der Waals surface area contributed by atoms with E-state index in [1.165, 1.54) is 6.92 Å². The van der Waals surface area contributed by atoms with Crippen LogP contribution < -0.4 is 5.14 Å². The molecule has 0 spiro atoms. The van der Waals surface area contributed by atoms with E-state index in [4.69, 9.17) is 0 Å². The Labute approximate surface area is 107 Å². The molecule has 3 N–H and O–H groups in total. The van der Waals surface area contributed by atoms with Crippen LogP contribution in [0.1, 0.15) is 18.3 Å². The zero-order valence-corrected chi connectivity index (χ0v) is 10.8. The highest BCUT2D eigenvalue weighted by Crippen LogP contribution is 2.41. The lowest BCUT2D eigenvalue weighted by atomic mass is 9.98. The SMILES string of the molecule is Cc1cnc([C@@](O)([C@H](C)S(N)(=O)=O)C(F)(F)F)nc1. The highest BCUT2D eigenvalue weighted by molar-refractivity contribution is 7.89. The van der Waals surface area contributed by atoms with Gasteiger partial charge in [-0.05, 0) is 19.4 Å². The minimum atomic E-state index is -5.30. The van der Waals surface area contributed by atoms with E-state index >= 15 is 0 Å². The molecule has 0 aliphatic rings. The van der Waals surface area contributed by atoms with E-state index in [1.54, 1.807) is 0 Å². The van der Waals surface area contributed by atoms with Crippen LogP contribution in [-0.4, -0.2) is 34.9 Å². The minimum absolute atomic E-state index is 0.455. The van der Waals surface area contributed by atoms with Crippen LogP contribution in [-0.2, 0) is 15.6 Å². The molecule has 19 heavy (non-hydrogen) atoms. The van der Waals surface area contributed by atoms with Crippen LogP contribution in [0.3, 0.4) is 0 Å². The van der Waals surface area contributed by atoms with Crippen LogP contribution in [0.15, 0.2) is 12.4 Å². The molecular formula is C9H12F3N3O3S. The van der Waals surface area contributed by atoms with Crippen molar-refractivity contribution in [1.29, 1.82) is 0 Å². The van der Waals surface area contributed by atoms with Gasteiger partial charge in [-0.25, -0.2) is 23.5 Å². The van der Waals surface area contributed by atoms with Gasteiger partial charge in [0.2, 0.25) is 15.6 Å². The van der Waals surface area contributed by atoms with E-state index in [0.29, 0.717) is 12.5 Å². The van der Waals surface area contributed by atoms with Gasteiger partial charge in [-0.2, -0.15) is 13.2 Å². The maximum Gasteiger partial charge on any atom is 0.425 e. The van der Waals surface area contributed by atoms with Crippen molar-refractivity contribution >= 4 is 10.0 Å². The maximum absolute atomic E-state index is 13.0. The molecule has 0 aromatic carbocycles. The molecule has 1 aromatic heterocycles. The van der Waals surface area contributed by atoms with Crippen LogP contribution in [0.4, 0.5) is 13.2 Å². The van der Waals surface area contributed by atoms with Gasteiger partial charge in [-0.3, -0.25) is 0 Å². The number of aromatic nitrogens is 2. The molecule has 0 aliphatic heterocycles. The third-order valence-electron chi connectivity index (χ3n) is 2.64. The van der Waals surface area contributed by atoms with Gasteiger partial charge >= 0.3 is 6.18 Å². The Balaban J connectivity index is 3.50. The van der Waals surface area contributed by atoms with Gasteiger partial charge in [-0.15, -0.1) is 0 Å². The first-order valence-corrected chi connectivity index (χ1v) is 6.61. The van der Waals surface area contributed by atoms with Gasteiger partial charge in [0.05, 0.1) is 0 Å². The van der Waals surface area contributed by atoms with Gasteiger partial charge in [0.1, 0.15) is 5.25 Å². The number of aryl methyl sites for hydroxylation is 1. The number of halogens is 3. The quantitative estimate of drug-likeness (QED) is 0.830. The Kier molecular flexibility index (Phi) is 3.90. The first kappa shape index (κ1) is 15.8. The van der Waals surface area contributed by atoms with Gasteiger partial charge in [0.15, 0.2) is 5.82 Å². The number of primary sulfonamides is 1. The first-order valence-electron chi connectivity index (χ1n) is 5.00. The predicted octanol–water partition coefficient (Wildman–Crippen LogP) is 0.212. The van der Waals surface area contributed by atoms with E-state index in [-0.39, 0.29) is 0 Å². The summed E-state index contributed by atoms with van der Waals surface area (Å²) in [6.07, 6.45) is -3.22. The van der Waals surface area contributed by atoms with E-state index in [1.807, 2.05) is 0 Å². The van der Waals surface area contributed by atoms with Gasteiger partial charge in [-0.1, -0.05) is 0 Å². The fraction of sp³-hybridized carbons (Fsp3) is 0.556. The second-order valence-corrected chi connectivity index (χ2v) is 5.96. The zero-order valence-electron chi connectivity index (χ0n) is 10.0. The molecule has 1 heterocycles. The molecule has 108 valence electrons. The van der Waals surface area contributed by atoms with Gasteiger partial charge in [0.25, 0.3) is 0 Å². The Bertz CT molecular complexity index is 558. The molecule has 0 amide bonds. The summed E-state index contributed by atoms with van der Waals surface area (Å²) in [5, 5.41) is 12.1. The van der Waals surface area contributed by atoms with Crippen molar-refractivity contribution in [2.24, 2.45) is 5.14 Å². The zero-order chi connectivity index (χ0) is 15.1. The van der Waals surface area contributed by atoms with Crippen LogP contribution in [0.25, 0.3) is 0 Å². The molecule has 1 rings (SSSR count). The molecule has 6 nitrogen and oxygen atoms in total. The summed E-state index contributed by atoms with van der Waals surface area (Å²) in [6, 6.07) is 0. The lowest BCUT2D eigenvalue weighted by Crippen LogP contribution is -2.55.